The summed E-state index contributed by atoms with van der Waals surface area (Å²) in [6, 6.07) is 11.1. The molecule has 0 aliphatic heterocycles. The Kier molecular flexibility index (Phi) is 3.08. The molecule has 0 unspecified atom stereocenters. The van der Waals surface area contributed by atoms with Crippen LogP contribution in [0.5, 0.6) is 0 Å². The molecule has 1 amide bonds. The van der Waals surface area contributed by atoms with Crippen LogP contribution in [0.1, 0.15) is 0 Å². The Balaban J connectivity index is 2.36. The van der Waals surface area contributed by atoms with Crippen molar-refractivity contribution in [1.29, 1.82) is 0 Å². The van der Waals surface area contributed by atoms with Crippen LogP contribution in [0, 0.1) is 0 Å². The summed E-state index contributed by atoms with van der Waals surface area (Å²) in [5.41, 5.74) is 5.56. The molecule has 1 aromatic carbocycles. The predicted octanol–water partition coefficient (Wildman–Crippen LogP) is 1.61. The lowest BCUT2D eigenvalue weighted by Crippen LogP contribution is -2.30. The summed E-state index contributed by atoms with van der Waals surface area (Å²) in [6.45, 7) is -0.220. The van der Waals surface area contributed by atoms with E-state index in [1.54, 1.807) is 12.1 Å². The van der Waals surface area contributed by atoms with Crippen molar-refractivity contribution in [2.45, 2.75) is 6.54 Å². The Labute approximate surface area is 118 Å². The lowest BCUT2D eigenvalue weighted by Gasteiger charge is -2.08. The van der Waals surface area contributed by atoms with E-state index in [9.17, 15) is 9.59 Å². The summed E-state index contributed by atoms with van der Waals surface area (Å²) in [4.78, 5) is 24.3. The molecule has 0 aliphatic carbocycles. The molecule has 0 fully saturated rings. The van der Waals surface area contributed by atoms with Gasteiger partial charge >= 0.3 is 0 Å². The number of hydrogen-bond acceptors (Lipinski definition) is 4. The highest BCUT2D eigenvalue weighted by Crippen LogP contribution is 2.28. The molecule has 0 saturated heterocycles. The zero-order chi connectivity index (χ0) is 14.1. The lowest BCUT2D eigenvalue weighted by atomic mass is 10.1. The van der Waals surface area contributed by atoms with Gasteiger partial charge in [-0.25, -0.2) is 4.68 Å². The SMILES string of the molecule is NC(=O)Cn1nc(-c2cccs2)c2ccccc2c1=O. The van der Waals surface area contributed by atoms with Gasteiger partial charge in [-0.05, 0) is 17.5 Å². The minimum atomic E-state index is -0.591. The lowest BCUT2D eigenvalue weighted by molar-refractivity contribution is -0.118. The Hall–Kier alpha value is -2.47. The maximum absolute atomic E-state index is 12.3. The molecule has 0 saturated carbocycles. The Morgan fingerprint density at radius 3 is 2.60 bits per heavy atom. The van der Waals surface area contributed by atoms with Crippen LogP contribution in [0.25, 0.3) is 21.3 Å². The number of fused-ring (bicyclic) bond motifs is 1. The van der Waals surface area contributed by atoms with Crippen LogP contribution in [0.4, 0.5) is 0 Å². The van der Waals surface area contributed by atoms with Crippen LogP contribution in [0.15, 0.2) is 46.6 Å². The molecule has 0 spiro atoms. The van der Waals surface area contributed by atoms with E-state index >= 15 is 0 Å². The van der Waals surface area contributed by atoms with E-state index in [0.717, 1.165) is 14.9 Å². The summed E-state index contributed by atoms with van der Waals surface area (Å²) in [7, 11) is 0. The van der Waals surface area contributed by atoms with Crippen molar-refractivity contribution in [2.24, 2.45) is 5.73 Å². The molecule has 0 aliphatic rings. The van der Waals surface area contributed by atoms with Gasteiger partial charge in [0, 0.05) is 5.39 Å². The Morgan fingerprint density at radius 1 is 1.20 bits per heavy atom. The van der Waals surface area contributed by atoms with Gasteiger partial charge in [0.05, 0.1) is 10.3 Å². The van der Waals surface area contributed by atoms with Gasteiger partial charge in [-0.2, -0.15) is 5.10 Å². The number of carbonyl (C=O) groups excluding carboxylic acids is 1. The van der Waals surface area contributed by atoms with E-state index in [2.05, 4.69) is 5.10 Å². The van der Waals surface area contributed by atoms with E-state index in [1.165, 1.54) is 11.3 Å². The van der Waals surface area contributed by atoms with Gasteiger partial charge in [0.15, 0.2) is 0 Å². The molecule has 100 valence electrons. The van der Waals surface area contributed by atoms with Crippen molar-refractivity contribution in [1.82, 2.24) is 9.78 Å². The zero-order valence-electron chi connectivity index (χ0n) is 10.4. The van der Waals surface area contributed by atoms with Crippen LogP contribution >= 0.6 is 11.3 Å². The summed E-state index contributed by atoms with van der Waals surface area (Å²) < 4.78 is 1.12. The number of benzene rings is 1. The number of aromatic nitrogens is 2. The molecule has 2 aromatic heterocycles. The molecule has 0 atom stereocenters. The second-order valence-corrected chi connectivity index (χ2v) is 5.25. The third kappa shape index (κ3) is 2.10. The van der Waals surface area contributed by atoms with Crippen LogP contribution in [-0.2, 0) is 11.3 Å². The van der Waals surface area contributed by atoms with Crippen molar-refractivity contribution in [3.63, 3.8) is 0 Å². The number of hydrogen-bond donors (Lipinski definition) is 1. The number of thiophene rings is 1. The first-order valence-electron chi connectivity index (χ1n) is 5.99. The van der Waals surface area contributed by atoms with Crippen LogP contribution < -0.4 is 11.3 Å². The van der Waals surface area contributed by atoms with Gasteiger partial charge in [0.25, 0.3) is 5.56 Å². The maximum Gasteiger partial charge on any atom is 0.275 e. The van der Waals surface area contributed by atoms with Crippen molar-refractivity contribution < 1.29 is 4.79 Å². The van der Waals surface area contributed by atoms with E-state index in [0.29, 0.717) is 11.1 Å². The average Bonchev–Trinajstić information content (AvgIpc) is 2.95. The Morgan fingerprint density at radius 2 is 1.95 bits per heavy atom. The molecule has 5 nitrogen and oxygen atoms in total. The van der Waals surface area contributed by atoms with Crippen molar-refractivity contribution >= 4 is 28.0 Å². The molecule has 0 radical (unpaired) electrons. The van der Waals surface area contributed by atoms with Gasteiger partial charge in [0.2, 0.25) is 5.91 Å². The number of rotatable bonds is 3. The fraction of sp³-hybridized carbons (Fsp3) is 0.0714. The third-order valence-corrected chi connectivity index (χ3v) is 3.80. The van der Waals surface area contributed by atoms with Gasteiger partial charge < -0.3 is 5.73 Å². The predicted molar refractivity (Wildman–Crippen MR) is 78.5 cm³/mol. The highest BCUT2D eigenvalue weighted by atomic mass is 32.1. The van der Waals surface area contributed by atoms with Crippen LogP contribution in [-0.4, -0.2) is 15.7 Å². The average molecular weight is 285 g/mol. The molecule has 2 heterocycles. The van der Waals surface area contributed by atoms with E-state index in [-0.39, 0.29) is 12.1 Å². The van der Waals surface area contributed by atoms with Crippen LogP contribution in [0.3, 0.4) is 0 Å². The van der Waals surface area contributed by atoms with Gasteiger partial charge in [-0.3, -0.25) is 9.59 Å². The molecule has 0 bridgehead atoms. The van der Waals surface area contributed by atoms with E-state index in [1.807, 2.05) is 29.6 Å². The fourth-order valence-electron chi connectivity index (χ4n) is 2.09. The molecule has 6 heteroatoms. The van der Waals surface area contributed by atoms with Crippen molar-refractivity contribution in [3.05, 3.63) is 52.1 Å². The van der Waals surface area contributed by atoms with E-state index in [4.69, 9.17) is 5.73 Å². The number of nitrogens with two attached hydrogens (primary N) is 1. The highest BCUT2D eigenvalue weighted by Gasteiger charge is 2.13. The third-order valence-electron chi connectivity index (χ3n) is 2.93. The molecule has 3 rings (SSSR count). The van der Waals surface area contributed by atoms with Crippen molar-refractivity contribution in [3.8, 4) is 10.6 Å². The maximum atomic E-state index is 12.3. The zero-order valence-corrected chi connectivity index (χ0v) is 11.3. The largest absolute Gasteiger partial charge is 0.368 e. The minimum Gasteiger partial charge on any atom is -0.368 e. The van der Waals surface area contributed by atoms with Crippen LogP contribution in [0.2, 0.25) is 0 Å². The monoisotopic (exact) mass is 285 g/mol. The second kappa shape index (κ2) is 4.90. The normalized spacial score (nSPS) is 10.8. The topological polar surface area (TPSA) is 78.0 Å². The number of primary amides is 1. The minimum absolute atomic E-state index is 0.220. The van der Waals surface area contributed by atoms with E-state index < -0.39 is 5.91 Å². The van der Waals surface area contributed by atoms with Gasteiger partial charge in [0.1, 0.15) is 12.2 Å². The van der Waals surface area contributed by atoms with Crippen molar-refractivity contribution in [2.75, 3.05) is 0 Å². The summed E-state index contributed by atoms with van der Waals surface area (Å²) >= 11 is 1.53. The molecular formula is C14H11N3O2S. The second-order valence-electron chi connectivity index (χ2n) is 4.30. The summed E-state index contributed by atoms with van der Waals surface area (Å²) in [5, 5.41) is 7.55. The highest BCUT2D eigenvalue weighted by molar-refractivity contribution is 7.13. The molecule has 2 N–H and O–H groups in total. The first-order valence-corrected chi connectivity index (χ1v) is 6.87. The quantitative estimate of drug-likeness (QED) is 0.794. The fourth-order valence-corrected chi connectivity index (χ4v) is 2.81. The standard InChI is InChI=1S/C14H11N3O2S/c15-12(18)8-17-14(19)10-5-2-1-4-9(10)13(16-17)11-6-3-7-20-11/h1-7H,8H2,(H2,15,18). The molecule has 3 aromatic rings. The smallest absolute Gasteiger partial charge is 0.275 e. The number of carbonyl (C=O) groups is 1. The molecular weight excluding hydrogens is 274 g/mol. The number of amides is 1. The first kappa shape index (κ1) is 12.6. The van der Waals surface area contributed by atoms with Gasteiger partial charge in [-0.1, -0.05) is 24.3 Å². The molecule has 20 heavy (non-hydrogen) atoms. The van der Waals surface area contributed by atoms with Gasteiger partial charge in [-0.15, -0.1) is 11.3 Å². The number of nitrogens with zero attached hydrogens (tertiary/aromatic N) is 2. The summed E-state index contributed by atoms with van der Waals surface area (Å²) in [6.07, 6.45) is 0. The Bertz CT molecular complexity index is 837. The first-order chi connectivity index (χ1) is 9.66. The summed E-state index contributed by atoms with van der Waals surface area (Å²) in [5.74, 6) is -0.591.